The fourth-order valence-electron chi connectivity index (χ4n) is 3.26. The largest absolute Gasteiger partial charge is 0.496 e. The van der Waals surface area contributed by atoms with Gasteiger partial charge in [0.1, 0.15) is 5.75 Å². The lowest BCUT2D eigenvalue weighted by Crippen LogP contribution is -2.46. The summed E-state index contributed by atoms with van der Waals surface area (Å²) < 4.78 is 5.42. The molecule has 0 radical (unpaired) electrons. The molecule has 0 aliphatic carbocycles. The van der Waals surface area contributed by atoms with Crippen molar-refractivity contribution in [2.45, 2.75) is 39.3 Å². The molecule has 0 N–H and O–H groups in total. The van der Waals surface area contributed by atoms with Crippen molar-refractivity contribution < 1.29 is 9.53 Å². The molecule has 1 aliphatic heterocycles. The van der Waals surface area contributed by atoms with Crippen LogP contribution >= 0.6 is 11.6 Å². The van der Waals surface area contributed by atoms with Crippen LogP contribution in [0.1, 0.15) is 32.3 Å². The van der Waals surface area contributed by atoms with Crippen molar-refractivity contribution in [2.75, 3.05) is 27.2 Å². The minimum Gasteiger partial charge on any atom is -0.496 e. The summed E-state index contributed by atoms with van der Waals surface area (Å²) in [5.74, 6) is 1.67. The van der Waals surface area contributed by atoms with Crippen LogP contribution in [0.4, 0.5) is 0 Å². The second kappa shape index (κ2) is 8.02. The van der Waals surface area contributed by atoms with Gasteiger partial charge in [0.15, 0.2) is 0 Å². The van der Waals surface area contributed by atoms with Crippen molar-refractivity contribution >= 4 is 17.5 Å². The number of rotatable bonds is 6. The van der Waals surface area contributed by atoms with Gasteiger partial charge in [0.25, 0.3) is 0 Å². The van der Waals surface area contributed by atoms with Gasteiger partial charge in [-0.15, -0.1) is 0 Å². The van der Waals surface area contributed by atoms with Crippen LogP contribution in [-0.2, 0) is 11.3 Å². The number of nitrogens with zero attached hydrogens (tertiary/aromatic N) is 2. The van der Waals surface area contributed by atoms with E-state index in [4.69, 9.17) is 16.3 Å². The Morgan fingerprint density at radius 3 is 2.83 bits per heavy atom. The van der Waals surface area contributed by atoms with Crippen LogP contribution in [0.5, 0.6) is 5.75 Å². The molecule has 1 aliphatic rings. The number of likely N-dealkylation sites (tertiary alicyclic amines) is 1. The highest BCUT2D eigenvalue weighted by Crippen LogP contribution is 2.25. The predicted molar refractivity (Wildman–Crippen MR) is 93.9 cm³/mol. The lowest BCUT2D eigenvalue weighted by molar-refractivity contribution is -0.136. The van der Waals surface area contributed by atoms with Gasteiger partial charge in [-0.3, -0.25) is 4.79 Å². The van der Waals surface area contributed by atoms with Gasteiger partial charge in [-0.25, -0.2) is 0 Å². The summed E-state index contributed by atoms with van der Waals surface area (Å²) in [4.78, 5) is 16.2. The Labute approximate surface area is 144 Å². The number of amides is 1. The Morgan fingerprint density at radius 1 is 1.43 bits per heavy atom. The molecule has 2 rings (SSSR count). The van der Waals surface area contributed by atoms with Gasteiger partial charge in [0.05, 0.1) is 7.11 Å². The average molecular weight is 339 g/mol. The van der Waals surface area contributed by atoms with E-state index in [2.05, 4.69) is 25.8 Å². The van der Waals surface area contributed by atoms with Gasteiger partial charge in [-0.05, 0) is 51.4 Å². The number of piperidine rings is 1. The molecule has 1 aromatic carbocycles. The summed E-state index contributed by atoms with van der Waals surface area (Å²) in [6, 6.07) is 5.99. The average Bonchev–Trinajstić information content (AvgIpc) is 2.49. The van der Waals surface area contributed by atoms with Crippen LogP contribution in [0.3, 0.4) is 0 Å². The van der Waals surface area contributed by atoms with E-state index in [1.807, 2.05) is 23.1 Å². The van der Waals surface area contributed by atoms with Crippen LogP contribution < -0.4 is 4.74 Å². The molecule has 1 fully saturated rings. The number of halogens is 1. The van der Waals surface area contributed by atoms with Gasteiger partial charge in [-0.1, -0.05) is 11.6 Å². The molecule has 0 spiro atoms. The minimum absolute atomic E-state index is 0.281. The maximum Gasteiger partial charge on any atom is 0.222 e. The van der Waals surface area contributed by atoms with Gasteiger partial charge in [0, 0.05) is 42.7 Å². The van der Waals surface area contributed by atoms with Crippen molar-refractivity contribution in [3.63, 3.8) is 0 Å². The summed E-state index contributed by atoms with van der Waals surface area (Å²) in [5.41, 5.74) is 1.09. The zero-order valence-corrected chi connectivity index (χ0v) is 15.3. The van der Waals surface area contributed by atoms with Gasteiger partial charge >= 0.3 is 0 Å². The first-order valence-electron chi connectivity index (χ1n) is 8.21. The lowest BCUT2D eigenvalue weighted by atomic mass is 9.96. The molecule has 23 heavy (non-hydrogen) atoms. The minimum atomic E-state index is 0.281. The number of carbonyl (C=O) groups excluding carboxylic acids is 1. The third kappa shape index (κ3) is 4.85. The van der Waals surface area contributed by atoms with Crippen LogP contribution in [0.25, 0.3) is 0 Å². The monoisotopic (exact) mass is 338 g/mol. The molecule has 1 saturated heterocycles. The van der Waals surface area contributed by atoms with Crippen LogP contribution in [0.15, 0.2) is 18.2 Å². The number of methoxy groups -OCH3 is 1. The van der Waals surface area contributed by atoms with E-state index in [1.54, 1.807) is 7.11 Å². The Hall–Kier alpha value is -1.26. The third-order valence-electron chi connectivity index (χ3n) is 4.42. The highest BCUT2D eigenvalue weighted by atomic mass is 35.5. The lowest BCUT2D eigenvalue weighted by Gasteiger charge is -2.37. The summed E-state index contributed by atoms with van der Waals surface area (Å²) in [6.45, 7) is 6.77. The molecule has 128 valence electrons. The first-order valence-corrected chi connectivity index (χ1v) is 8.59. The Kier molecular flexibility index (Phi) is 6.31. The summed E-state index contributed by atoms with van der Waals surface area (Å²) >= 11 is 6.10. The molecule has 0 aromatic heterocycles. The summed E-state index contributed by atoms with van der Waals surface area (Å²) in [7, 11) is 3.79. The fraction of sp³-hybridized carbons (Fsp3) is 0.611. The van der Waals surface area contributed by atoms with E-state index >= 15 is 0 Å². The molecule has 1 amide bonds. The maximum atomic E-state index is 12.0. The van der Waals surface area contributed by atoms with E-state index in [0.717, 1.165) is 42.4 Å². The molecule has 1 heterocycles. The molecular formula is C18H27ClN2O2. The second-order valence-electron chi connectivity index (χ2n) is 6.70. The highest BCUT2D eigenvalue weighted by Gasteiger charge is 2.27. The zero-order valence-electron chi connectivity index (χ0n) is 14.5. The zero-order chi connectivity index (χ0) is 17.0. The van der Waals surface area contributed by atoms with Crippen molar-refractivity contribution in [2.24, 2.45) is 5.92 Å². The van der Waals surface area contributed by atoms with E-state index in [9.17, 15) is 4.79 Å². The molecule has 4 nitrogen and oxygen atoms in total. The Balaban J connectivity index is 1.96. The quantitative estimate of drug-likeness (QED) is 0.796. The summed E-state index contributed by atoms with van der Waals surface area (Å²) in [6.07, 6.45) is 1.64. The van der Waals surface area contributed by atoms with E-state index in [0.29, 0.717) is 12.3 Å². The van der Waals surface area contributed by atoms with Crippen LogP contribution in [-0.4, -0.2) is 49.0 Å². The predicted octanol–water partition coefficient (Wildman–Crippen LogP) is 3.43. The highest BCUT2D eigenvalue weighted by molar-refractivity contribution is 6.30. The normalized spacial score (nSPS) is 18.8. The maximum absolute atomic E-state index is 12.0. The van der Waals surface area contributed by atoms with Crippen LogP contribution in [0.2, 0.25) is 5.02 Å². The van der Waals surface area contributed by atoms with Gasteiger partial charge in [-0.2, -0.15) is 0 Å². The third-order valence-corrected chi connectivity index (χ3v) is 4.65. The molecular weight excluding hydrogens is 312 g/mol. The first-order chi connectivity index (χ1) is 10.9. The molecule has 1 unspecified atom stereocenters. The SMILES string of the molecule is COc1ccc(Cl)cc1CN(C)CC1CCC(=O)N(C(C)C)C1. The van der Waals surface area contributed by atoms with Gasteiger partial charge in [0.2, 0.25) is 5.91 Å². The second-order valence-corrected chi connectivity index (χ2v) is 7.13. The van der Waals surface area contributed by atoms with Crippen molar-refractivity contribution in [1.82, 2.24) is 9.80 Å². The van der Waals surface area contributed by atoms with Crippen LogP contribution in [0, 0.1) is 5.92 Å². The molecule has 5 heteroatoms. The standard InChI is InChI=1S/C18H27ClN2O2/c1-13(2)21-11-14(5-8-18(21)22)10-20(3)12-15-9-16(19)6-7-17(15)23-4/h6-7,9,13-14H,5,8,10-12H2,1-4H3. The van der Waals surface area contributed by atoms with Crippen molar-refractivity contribution in [3.05, 3.63) is 28.8 Å². The van der Waals surface area contributed by atoms with E-state index < -0.39 is 0 Å². The van der Waals surface area contributed by atoms with Crippen molar-refractivity contribution in [3.8, 4) is 5.75 Å². The number of carbonyl (C=O) groups is 1. The van der Waals surface area contributed by atoms with Crippen molar-refractivity contribution in [1.29, 1.82) is 0 Å². The van der Waals surface area contributed by atoms with E-state index in [1.165, 1.54) is 0 Å². The fourth-order valence-corrected chi connectivity index (χ4v) is 3.45. The number of hydrogen-bond acceptors (Lipinski definition) is 3. The molecule has 0 saturated carbocycles. The molecule has 1 atom stereocenters. The molecule has 0 bridgehead atoms. The topological polar surface area (TPSA) is 32.8 Å². The number of hydrogen-bond donors (Lipinski definition) is 0. The summed E-state index contributed by atoms with van der Waals surface area (Å²) in [5, 5.41) is 0.725. The first kappa shape index (κ1) is 18.1. The van der Waals surface area contributed by atoms with Gasteiger partial charge < -0.3 is 14.5 Å². The number of ether oxygens (including phenoxy) is 1. The van der Waals surface area contributed by atoms with E-state index in [-0.39, 0.29) is 11.9 Å². The Morgan fingerprint density at radius 2 is 2.17 bits per heavy atom. The molecule has 1 aromatic rings. The Bertz CT molecular complexity index is 548. The smallest absolute Gasteiger partial charge is 0.222 e. The number of benzene rings is 1.